The van der Waals surface area contributed by atoms with Crippen LogP contribution in [0.5, 0.6) is 11.5 Å². The van der Waals surface area contributed by atoms with Crippen LogP contribution in [0.4, 0.5) is 14.9 Å². The highest BCUT2D eigenvalue weighted by Crippen LogP contribution is 2.47. The second-order valence-electron chi connectivity index (χ2n) is 8.46. The Bertz CT molecular complexity index is 1130. The van der Waals surface area contributed by atoms with Crippen LogP contribution in [0.15, 0.2) is 42.5 Å². The van der Waals surface area contributed by atoms with E-state index < -0.39 is 41.5 Å². The van der Waals surface area contributed by atoms with Crippen LogP contribution >= 0.6 is 0 Å². The van der Waals surface area contributed by atoms with Crippen molar-refractivity contribution in [3.63, 3.8) is 0 Å². The van der Waals surface area contributed by atoms with Crippen molar-refractivity contribution in [3.05, 3.63) is 53.8 Å². The number of halogens is 1. The van der Waals surface area contributed by atoms with Crippen LogP contribution in [-0.2, 0) is 15.1 Å². The molecule has 2 aromatic rings. The Balaban J connectivity index is 1.28. The number of carbonyl (C=O) groups excluding carboxylic acids is 3. The van der Waals surface area contributed by atoms with Gasteiger partial charge < -0.3 is 20.1 Å². The molecular formula is C23H22FN3O5. The highest BCUT2D eigenvalue weighted by Gasteiger charge is 2.50. The van der Waals surface area contributed by atoms with E-state index in [0.29, 0.717) is 17.2 Å². The van der Waals surface area contributed by atoms with Crippen LogP contribution < -0.4 is 20.1 Å². The number of rotatable bonds is 4. The zero-order valence-electron chi connectivity index (χ0n) is 17.4. The van der Waals surface area contributed by atoms with Crippen molar-refractivity contribution >= 4 is 23.5 Å². The Morgan fingerprint density at radius 2 is 1.84 bits per heavy atom. The van der Waals surface area contributed by atoms with Crippen molar-refractivity contribution in [2.24, 2.45) is 0 Å². The summed E-state index contributed by atoms with van der Waals surface area (Å²) in [7, 11) is 0. The molecule has 0 bridgehead atoms. The van der Waals surface area contributed by atoms with Crippen molar-refractivity contribution in [2.45, 2.75) is 43.9 Å². The maximum atomic E-state index is 14.3. The molecule has 32 heavy (non-hydrogen) atoms. The molecule has 1 atom stereocenters. The molecule has 2 aliphatic heterocycles. The van der Waals surface area contributed by atoms with E-state index in [-0.39, 0.29) is 5.56 Å². The van der Waals surface area contributed by atoms with E-state index >= 15 is 0 Å². The summed E-state index contributed by atoms with van der Waals surface area (Å²) in [4.78, 5) is 38.7. The topological polar surface area (TPSA) is 97.0 Å². The largest absolute Gasteiger partial charge is 0.448 e. The Kier molecular flexibility index (Phi) is 4.58. The minimum Gasteiger partial charge on any atom is -0.448 e. The van der Waals surface area contributed by atoms with Gasteiger partial charge in [-0.2, -0.15) is 0 Å². The maximum Gasteiger partial charge on any atom is 0.325 e. The zero-order valence-corrected chi connectivity index (χ0v) is 17.4. The lowest BCUT2D eigenvalue weighted by atomic mass is 9.91. The van der Waals surface area contributed by atoms with E-state index in [2.05, 4.69) is 10.6 Å². The first-order valence-electron chi connectivity index (χ1n) is 10.5. The van der Waals surface area contributed by atoms with Gasteiger partial charge in [0.05, 0.1) is 0 Å². The number of hydrogen-bond acceptors (Lipinski definition) is 5. The van der Waals surface area contributed by atoms with E-state index in [9.17, 15) is 18.8 Å². The Morgan fingerprint density at radius 1 is 1.12 bits per heavy atom. The fourth-order valence-electron chi connectivity index (χ4n) is 4.52. The highest BCUT2D eigenvalue weighted by molar-refractivity contribution is 6.10. The third-order valence-corrected chi connectivity index (χ3v) is 6.17. The standard InChI is InChI=1S/C23H22FN3O5/c1-22(15-6-2-3-7-16(15)24)20(29)27(21(30)26-22)13-19(28)25-14-8-9-17-18(12-14)32-23(31-17)10-4-5-11-23/h2-3,6-9,12H,4-5,10-11,13H2,1H3,(H,25,28)(H,26,30). The smallest absolute Gasteiger partial charge is 0.325 e. The van der Waals surface area contributed by atoms with E-state index in [1.807, 2.05) is 0 Å². The summed E-state index contributed by atoms with van der Waals surface area (Å²) in [5, 5.41) is 5.17. The molecule has 2 fully saturated rings. The van der Waals surface area contributed by atoms with Gasteiger partial charge >= 0.3 is 6.03 Å². The van der Waals surface area contributed by atoms with Gasteiger partial charge in [-0.1, -0.05) is 18.2 Å². The van der Waals surface area contributed by atoms with Crippen molar-refractivity contribution < 1.29 is 28.2 Å². The van der Waals surface area contributed by atoms with Crippen LogP contribution in [0, 0.1) is 5.82 Å². The van der Waals surface area contributed by atoms with Gasteiger partial charge in [-0.15, -0.1) is 0 Å². The molecule has 2 heterocycles. The normalized spacial score (nSPS) is 23.0. The first kappa shape index (κ1) is 20.3. The molecule has 2 aromatic carbocycles. The first-order valence-corrected chi connectivity index (χ1v) is 10.5. The predicted octanol–water partition coefficient (Wildman–Crippen LogP) is 3.27. The molecule has 1 saturated carbocycles. The number of benzene rings is 2. The zero-order chi connectivity index (χ0) is 22.5. The number of nitrogens with zero attached hydrogens (tertiary/aromatic N) is 1. The SMILES string of the molecule is CC1(c2ccccc2F)NC(=O)N(CC(=O)Nc2ccc3c(c2)OC2(CCCC2)O3)C1=O. The lowest BCUT2D eigenvalue weighted by molar-refractivity contribution is -0.133. The third kappa shape index (κ3) is 3.24. The molecule has 4 amide bonds. The van der Waals surface area contributed by atoms with Gasteiger partial charge in [0.1, 0.15) is 17.9 Å². The number of imide groups is 1. The van der Waals surface area contributed by atoms with Gasteiger partial charge in [-0.3, -0.25) is 14.5 Å². The minimum atomic E-state index is -1.59. The molecule has 9 heteroatoms. The maximum absolute atomic E-state index is 14.3. The molecule has 1 saturated heterocycles. The van der Waals surface area contributed by atoms with Crippen molar-refractivity contribution in [1.82, 2.24) is 10.2 Å². The number of amides is 4. The quantitative estimate of drug-likeness (QED) is 0.713. The van der Waals surface area contributed by atoms with Gasteiger partial charge in [0.2, 0.25) is 5.91 Å². The first-order chi connectivity index (χ1) is 15.3. The minimum absolute atomic E-state index is 0.0397. The van der Waals surface area contributed by atoms with Crippen LogP contribution in [-0.4, -0.2) is 35.1 Å². The summed E-state index contributed by atoms with van der Waals surface area (Å²) < 4.78 is 26.2. The van der Waals surface area contributed by atoms with Gasteiger partial charge in [-0.25, -0.2) is 9.18 Å². The molecular weight excluding hydrogens is 417 g/mol. The lowest BCUT2D eigenvalue weighted by Crippen LogP contribution is -2.42. The summed E-state index contributed by atoms with van der Waals surface area (Å²) in [6, 6.07) is 10.0. The van der Waals surface area contributed by atoms with Gasteiger partial charge in [0.25, 0.3) is 11.7 Å². The van der Waals surface area contributed by atoms with Crippen molar-refractivity contribution in [1.29, 1.82) is 0 Å². The summed E-state index contributed by atoms with van der Waals surface area (Å²) in [6.45, 7) is 0.910. The molecule has 1 unspecified atom stereocenters. The molecule has 5 rings (SSSR count). The summed E-state index contributed by atoms with van der Waals surface area (Å²) in [5.41, 5.74) is -1.09. The molecule has 8 nitrogen and oxygen atoms in total. The monoisotopic (exact) mass is 439 g/mol. The van der Waals surface area contributed by atoms with Gasteiger partial charge in [0.15, 0.2) is 11.5 Å². The van der Waals surface area contributed by atoms with Crippen LogP contribution in [0.3, 0.4) is 0 Å². The van der Waals surface area contributed by atoms with E-state index in [1.54, 1.807) is 24.3 Å². The Morgan fingerprint density at radius 3 is 2.59 bits per heavy atom. The number of hydrogen-bond donors (Lipinski definition) is 2. The molecule has 1 spiro atoms. The molecule has 1 aliphatic carbocycles. The van der Waals surface area contributed by atoms with E-state index in [0.717, 1.165) is 30.6 Å². The van der Waals surface area contributed by atoms with E-state index in [4.69, 9.17) is 9.47 Å². The van der Waals surface area contributed by atoms with Gasteiger partial charge in [-0.05, 0) is 38.0 Å². The fourth-order valence-corrected chi connectivity index (χ4v) is 4.52. The number of ether oxygens (including phenoxy) is 2. The van der Waals surface area contributed by atoms with Crippen molar-refractivity contribution in [3.8, 4) is 11.5 Å². The lowest BCUT2D eigenvalue weighted by Gasteiger charge is -2.22. The molecule has 3 aliphatic rings. The fraction of sp³-hybridized carbons (Fsp3) is 0.348. The average Bonchev–Trinajstić information content (AvgIpc) is 3.41. The number of nitrogens with one attached hydrogen (secondary N) is 2. The summed E-state index contributed by atoms with van der Waals surface area (Å²) in [6.07, 6.45) is 3.71. The van der Waals surface area contributed by atoms with Crippen LogP contribution in [0.2, 0.25) is 0 Å². The Hall–Kier alpha value is -3.62. The number of fused-ring (bicyclic) bond motifs is 1. The molecule has 166 valence electrons. The predicted molar refractivity (Wildman–Crippen MR) is 112 cm³/mol. The second kappa shape index (κ2) is 7.22. The highest BCUT2D eigenvalue weighted by atomic mass is 19.1. The average molecular weight is 439 g/mol. The summed E-state index contributed by atoms with van der Waals surface area (Å²) >= 11 is 0. The summed E-state index contributed by atoms with van der Waals surface area (Å²) in [5.74, 6) is -1.32. The molecule has 0 aromatic heterocycles. The van der Waals surface area contributed by atoms with Crippen molar-refractivity contribution in [2.75, 3.05) is 11.9 Å². The molecule has 0 radical (unpaired) electrons. The number of urea groups is 1. The number of anilines is 1. The Labute approximate surface area is 183 Å². The number of carbonyl (C=O) groups is 3. The van der Waals surface area contributed by atoms with Gasteiger partial charge in [0, 0.05) is 30.2 Å². The van der Waals surface area contributed by atoms with E-state index in [1.165, 1.54) is 25.1 Å². The second-order valence-corrected chi connectivity index (χ2v) is 8.46. The molecule has 2 N–H and O–H groups in total. The third-order valence-electron chi connectivity index (χ3n) is 6.17. The van der Waals surface area contributed by atoms with Crippen LogP contribution in [0.1, 0.15) is 38.2 Å². The van der Waals surface area contributed by atoms with Crippen LogP contribution in [0.25, 0.3) is 0 Å².